The normalized spacial score (nSPS) is 22.4. The highest BCUT2D eigenvalue weighted by molar-refractivity contribution is 5.90. The number of carboxylic acids is 1. The molecule has 0 bridgehead atoms. The summed E-state index contributed by atoms with van der Waals surface area (Å²) in [6, 6.07) is 0. The predicted octanol–water partition coefficient (Wildman–Crippen LogP) is -0.271. The zero-order valence-corrected chi connectivity index (χ0v) is 10.5. The van der Waals surface area contributed by atoms with Crippen LogP contribution in [-0.2, 0) is 16.0 Å². The van der Waals surface area contributed by atoms with Gasteiger partial charge in [0.05, 0.1) is 6.10 Å². The maximum absolute atomic E-state index is 11.7. The number of nitrogens with one attached hydrogen (secondary N) is 2. The van der Waals surface area contributed by atoms with Gasteiger partial charge in [0.15, 0.2) is 6.10 Å². The second kappa shape index (κ2) is 5.79. The molecule has 0 aliphatic carbocycles. The number of hydrogen-bond donors (Lipinski definition) is 3. The second-order valence-corrected chi connectivity index (χ2v) is 4.33. The Labute approximate surface area is 109 Å². The molecule has 2 atom stereocenters. The van der Waals surface area contributed by atoms with Crippen LogP contribution in [0.4, 0.5) is 0 Å². The summed E-state index contributed by atoms with van der Waals surface area (Å²) >= 11 is 0. The van der Waals surface area contributed by atoms with E-state index in [1.807, 2.05) is 6.92 Å². The van der Waals surface area contributed by atoms with Crippen molar-refractivity contribution in [1.82, 2.24) is 20.5 Å². The molecule has 1 fully saturated rings. The molecule has 8 heteroatoms. The van der Waals surface area contributed by atoms with Gasteiger partial charge in [-0.3, -0.25) is 9.89 Å². The van der Waals surface area contributed by atoms with Crippen LogP contribution in [0.1, 0.15) is 36.2 Å². The molecular formula is C11H16N4O4. The zero-order valence-electron chi connectivity index (χ0n) is 10.5. The Morgan fingerprint density at radius 3 is 2.89 bits per heavy atom. The monoisotopic (exact) mass is 268 g/mol. The van der Waals surface area contributed by atoms with Crippen molar-refractivity contribution in [3.63, 3.8) is 0 Å². The van der Waals surface area contributed by atoms with Gasteiger partial charge in [0.2, 0.25) is 5.82 Å². The third kappa shape index (κ3) is 3.28. The van der Waals surface area contributed by atoms with Crippen LogP contribution in [0.15, 0.2) is 0 Å². The average Bonchev–Trinajstić information content (AvgIpc) is 3.04. The minimum atomic E-state index is -0.963. The molecule has 1 aliphatic heterocycles. The summed E-state index contributed by atoms with van der Waals surface area (Å²) in [6.07, 6.45) is 0.723. The van der Waals surface area contributed by atoms with E-state index in [2.05, 4.69) is 20.5 Å². The first-order valence-electron chi connectivity index (χ1n) is 6.18. The van der Waals surface area contributed by atoms with Crippen molar-refractivity contribution >= 4 is 11.9 Å². The van der Waals surface area contributed by atoms with E-state index in [1.54, 1.807) is 0 Å². The summed E-state index contributed by atoms with van der Waals surface area (Å²) in [5.74, 6) is -0.619. The number of aliphatic carboxylic acids is 1. The highest BCUT2D eigenvalue weighted by Crippen LogP contribution is 2.19. The molecule has 1 saturated heterocycles. The van der Waals surface area contributed by atoms with Gasteiger partial charge in [-0.1, -0.05) is 6.92 Å². The molecule has 3 N–H and O–H groups in total. The predicted molar refractivity (Wildman–Crippen MR) is 63.6 cm³/mol. The number of hydrogen-bond acceptors (Lipinski definition) is 5. The van der Waals surface area contributed by atoms with Gasteiger partial charge >= 0.3 is 5.97 Å². The lowest BCUT2D eigenvalue weighted by Crippen LogP contribution is -2.33. The van der Waals surface area contributed by atoms with Crippen molar-refractivity contribution in [2.75, 3.05) is 6.54 Å². The Kier molecular flexibility index (Phi) is 4.10. The fraction of sp³-hybridized carbons (Fsp3) is 0.636. The first-order chi connectivity index (χ1) is 9.10. The van der Waals surface area contributed by atoms with Gasteiger partial charge in [0, 0.05) is 13.0 Å². The van der Waals surface area contributed by atoms with Crippen LogP contribution in [0.3, 0.4) is 0 Å². The summed E-state index contributed by atoms with van der Waals surface area (Å²) in [5, 5.41) is 17.9. The van der Waals surface area contributed by atoms with Crippen LogP contribution in [0.5, 0.6) is 0 Å². The van der Waals surface area contributed by atoms with E-state index < -0.39 is 18.0 Å². The Balaban J connectivity index is 1.79. The molecule has 0 saturated carbocycles. The molecule has 2 rings (SSSR count). The van der Waals surface area contributed by atoms with Crippen LogP contribution in [0.25, 0.3) is 0 Å². The molecule has 1 aromatic heterocycles. The van der Waals surface area contributed by atoms with Crippen molar-refractivity contribution in [2.24, 2.45) is 0 Å². The zero-order chi connectivity index (χ0) is 13.8. The summed E-state index contributed by atoms with van der Waals surface area (Å²) in [7, 11) is 0. The lowest BCUT2D eigenvalue weighted by Gasteiger charge is -2.11. The molecule has 2 unspecified atom stereocenters. The van der Waals surface area contributed by atoms with E-state index in [9.17, 15) is 9.59 Å². The average molecular weight is 268 g/mol. The lowest BCUT2D eigenvalue weighted by molar-refractivity contribution is -0.149. The molecule has 0 aromatic carbocycles. The quantitative estimate of drug-likeness (QED) is 0.676. The van der Waals surface area contributed by atoms with Crippen LogP contribution < -0.4 is 5.32 Å². The van der Waals surface area contributed by atoms with Gasteiger partial charge in [-0.15, -0.1) is 5.10 Å². The number of ether oxygens (including phenoxy) is 1. The summed E-state index contributed by atoms with van der Waals surface area (Å²) in [4.78, 5) is 26.4. The lowest BCUT2D eigenvalue weighted by atomic mass is 10.2. The number of aryl methyl sites for hydroxylation is 1. The van der Waals surface area contributed by atoms with E-state index in [0.29, 0.717) is 25.1 Å². The first kappa shape index (κ1) is 13.5. The molecule has 1 aromatic rings. The summed E-state index contributed by atoms with van der Waals surface area (Å²) in [6.45, 7) is 2.17. The fourth-order valence-corrected chi connectivity index (χ4v) is 1.88. The second-order valence-electron chi connectivity index (χ2n) is 4.33. The van der Waals surface area contributed by atoms with Crippen molar-refractivity contribution < 1.29 is 19.4 Å². The number of carbonyl (C=O) groups excluding carboxylic acids is 1. The minimum absolute atomic E-state index is 0.0876. The molecule has 2 heterocycles. The van der Waals surface area contributed by atoms with E-state index in [0.717, 1.165) is 0 Å². The number of H-pyrrole nitrogens is 1. The van der Waals surface area contributed by atoms with Crippen LogP contribution in [-0.4, -0.2) is 50.9 Å². The topological polar surface area (TPSA) is 117 Å². The van der Waals surface area contributed by atoms with E-state index >= 15 is 0 Å². The third-order valence-electron chi connectivity index (χ3n) is 2.94. The highest BCUT2D eigenvalue weighted by Gasteiger charge is 2.30. The van der Waals surface area contributed by atoms with E-state index in [-0.39, 0.29) is 18.5 Å². The Morgan fingerprint density at radius 1 is 1.53 bits per heavy atom. The maximum Gasteiger partial charge on any atom is 0.332 e. The molecule has 8 nitrogen and oxygen atoms in total. The number of nitrogens with zero attached hydrogens (tertiary/aromatic N) is 2. The molecule has 104 valence electrons. The highest BCUT2D eigenvalue weighted by atomic mass is 16.5. The number of amides is 1. The van der Waals surface area contributed by atoms with Crippen molar-refractivity contribution in [2.45, 2.75) is 38.4 Å². The largest absolute Gasteiger partial charge is 0.479 e. The number of rotatable bonds is 5. The molecule has 1 aliphatic rings. The molecule has 0 radical (unpaired) electrons. The van der Waals surface area contributed by atoms with Crippen LogP contribution >= 0.6 is 0 Å². The number of aromatic amines is 1. The Hall–Kier alpha value is -1.96. The van der Waals surface area contributed by atoms with Gasteiger partial charge in [-0.05, 0) is 12.8 Å². The minimum Gasteiger partial charge on any atom is -0.479 e. The fourth-order valence-electron chi connectivity index (χ4n) is 1.88. The van der Waals surface area contributed by atoms with Crippen molar-refractivity contribution in [3.05, 3.63) is 11.6 Å². The smallest absolute Gasteiger partial charge is 0.332 e. The Morgan fingerprint density at radius 2 is 2.32 bits per heavy atom. The van der Waals surface area contributed by atoms with Crippen LogP contribution in [0.2, 0.25) is 0 Å². The van der Waals surface area contributed by atoms with E-state index in [1.165, 1.54) is 0 Å². The first-order valence-corrected chi connectivity index (χ1v) is 6.18. The summed E-state index contributed by atoms with van der Waals surface area (Å²) in [5.41, 5.74) is 0. The number of aromatic nitrogens is 3. The number of carbonyl (C=O) groups is 2. The molecule has 0 spiro atoms. The third-order valence-corrected chi connectivity index (χ3v) is 2.94. The van der Waals surface area contributed by atoms with Gasteiger partial charge in [-0.2, -0.15) is 0 Å². The maximum atomic E-state index is 11.7. The Bertz CT molecular complexity index is 473. The number of carboxylic acid groups (broad SMARTS) is 1. The SMILES string of the molecule is CCc1nc(C(=O)NCC2CCC(C(=O)O)O2)n[nH]1. The van der Waals surface area contributed by atoms with Crippen LogP contribution in [0, 0.1) is 0 Å². The standard InChI is InChI=1S/C11H16N4O4/c1-2-8-13-9(15-14-8)10(16)12-5-6-3-4-7(19-6)11(17)18/h6-7H,2-5H2,1H3,(H,12,16)(H,17,18)(H,13,14,15). The summed E-state index contributed by atoms with van der Waals surface area (Å²) < 4.78 is 5.27. The van der Waals surface area contributed by atoms with Gasteiger partial charge < -0.3 is 15.2 Å². The molecular weight excluding hydrogens is 252 g/mol. The van der Waals surface area contributed by atoms with Gasteiger partial charge in [0.25, 0.3) is 5.91 Å². The van der Waals surface area contributed by atoms with Gasteiger partial charge in [0.1, 0.15) is 5.82 Å². The van der Waals surface area contributed by atoms with Crippen molar-refractivity contribution in [3.8, 4) is 0 Å². The van der Waals surface area contributed by atoms with E-state index in [4.69, 9.17) is 9.84 Å². The van der Waals surface area contributed by atoms with Gasteiger partial charge in [-0.25, -0.2) is 9.78 Å². The van der Waals surface area contributed by atoms with Crippen molar-refractivity contribution in [1.29, 1.82) is 0 Å². The molecule has 1 amide bonds. The molecule has 19 heavy (non-hydrogen) atoms.